The first-order chi connectivity index (χ1) is 33.2. The topological polar surface area (TPSA) is 157 Å². The van der Waals surface area contributed by atoms with Gasteiger partial charge in [0.05, 0.1) is 33.0 Å². The smallest absolute Gasteiger partial charge is 0.344 e. The number of ether oxygens (including phenoxy) is 4. The van der Waals surface area contributed by atoms with E-state index in [-0.39, 0.29) is 12.0 Å². The predicted molar refractivity (Wildman–Crippen MR) is 266 cm³/mol. The summed E-state index contributed by atoms with van der Waals surface area (Å²) in [6.45, 7) is 12.2. The molecule has 3 aromatic rings. The number of esters is 3. The molecule has 14 nitrogen and oxygen atoms in total. The zero-order valence-electron chi connectivity index (χ0n) is 41.7. The average Bonchev–Trinajstić information content (AvgIpc) is 4.01. The molecular formula is C54H73N5O9S. The number of benzene rings is 2. The van der Waals surface area contributed by atoms with Gasteiger partial charge < -0.3 is 43.9 Å². The molecule has 15 heteroatoms. The van der Waals surface area contributed by atoms with Gasteiger partial charge in [-0.3, -0.25) is 19.4 Å². The van der Waals surface area contributed by atoms with Crippen LogP contribution in [0.3, 0.4) is 0 Å². The number of aromatic nitrogens is 1. The Labute approximate surface area is 411 Å². The van der Waals surface area contributed by atoms with E-state index in [0.29, 0.717) is 82.6 Å². The summed E-state index contributed by atoms with van der Waals surface area (Å²) < 4.78 is 24.3. The van der Waals surface area contributed by atoms with Gasteiger partial charge in [-0.2, -0.15) is 0 Å². The number of aromatic amines is 1. The number of hydrogen-bond acceptors (Lipinski definition) is 14. The SMILES string of the molecule is CC[C@]1(O)C[C@H]2CN(CCc3c([nH]c4ccc(SCCCN5CCCCC5)cc34)[C@@](C(=O)OC)(c3cc4c(cc3OC)N(C)C3[C@]45CCN4CC=C[C@@](CC)([C@@H](OC(C)=O)[C@]3(O)C(=O)OC)[C@H]45)C2)C1. The lowest BCUT2D eigenvalue weighted by Crippen LogP contribution is -2.81. The molecule has 0 amide bonds. The molecule has 0 radical (unpaired) electrons. The number of carbonyl (C=O) groups is 3. The van der Waals surface area contributed by atoms with Gasteiger partial charge >= 0.3 is 17.9 Å². The van der Waals surface area contributed by atoms with E-state index in [0.717, 1.165) is 52.1 Å². The molecule has 1 aromatic heterocycles. The highest BCUT2D eigenvalue weighted by atomic mass is 32.2. The molecule has 2 unspecified atom stereocenters. The second kappa shape index (κ2) is 18.2. The van der Waals surface area contributed by atoms with E-state index in [2.05, 4.69) is 56.1 Å². The Bertz CT molecular complexity index is 2530. The minimum absolute atomic E-state index is 0.112. The quantitative estimate of drug-likeness (QED) is 0.0643. The van der Waals surface area contributed by atoms with Crippen molar-refractivity contribution in [2.75, 3.05) is 91.4 Å². The van der Waals surface area contributed by atoms with Crippen LogP contribution < -0.4 is 9.64 Å². The highest BCUT2D eigenvalue weighted by Crippen LogP contribution is 2.68. The Hall–Kier alpha value is -4.12. The number of H-pyrrole nitrogens is 1. The molecule has 10 rings (SSSR count). The van der Waals surface area contributed by atoms with Gasteiger partial charge in [-0.25, -0.2) is 4.79 Å². The number of aliphatic hydroxyl groups is 2. The molecule has 2 bridgehead atoms. The number of methoxy groups -OCH3 is 3. The fourth-order valence-corrected chi connectivity index (χ4v) is 16.2. The molecule has 3 saturated heterocycles. The highest BCUT2D eigenvalue weighted by Gasteiger charge is 2.80. The summed E-state index contributed by atoms with van der Waals surface area (Å²) in [5.74, 6) is -0.538. The maximum atomic E-state index is 15.7. The molecule has 2 aromatic carbocycles. The number of nitrogens with one attached hydrogen (secondary N) is 1. The van der Waals surface area contributed by atoms with E-state index in [1.54, 1.807) is 7.11 Å². The molecular weight excluding hydrogens is 895 g/mol. The van der Waals surface area contributed by atoms with Gasteiger partial charge in [0.15, 0.2) is 6.10 Å². The first-order valence-corrected chi connectivity index (χ1v) is 26.6. The number of nitrogens with zero attached hydrogens (tertiary/aromatic N) is 4. The number of fused-ring (bicyclic) bond motifs is 6. The Morgan fingerprint density at radius 3 is 2.41 bits per heavy atom. The van der Waals surface area contributed by atoms with Crippen LogP contribution in [-0.2, 0) is 45.8 Å². The second-order valence-electron chi connectivity index (χ2n) is 21.5. The first kappa shape index (κ1) is 48.5. The van der Waals surface area contributed by atoms with Gasteiger partial charge in [-0.1, -0.05) is 32.4 Å². The highest BCUT2D eigenvalue weighted by molar-refractivity contribution is 7.99. The summed E-state index contributed by atoms with van der Waals surface area (Å²) in [4.78, 5) is 57.8. The number of hydrogen-bond donors (Lipinski definition) is 3. The van der Waals surface area contributed by atoms with Crippen molar-refractivity contribution in [1.82, 2.24) is 19.7 Å². The van der Waals surface area contributed by atoms with Crippen molar-refractivity contribution >= 4 is 46.3 Å². The van der Waals surface area contributed by atoms with Crippen molar-refractivity contribution < 1.29 is 43.5 Å². The summed E-state index contributed by atoms with van der Waals surface area (Å²) in [6, 6.07) is 9.50. The molecule has 374 valence electrons. The summed E-state index contributed by atoms with van der Waals surface area (Å²) in [5, 5.41) is 26.7. The van der Waals surface area contributed by atoms with Crippen LogP contribution in [0.15, 0.2) is 47.4 Å². The van der Waals surface area contributed by atoms with E-state index in [4.69, 9.17) is 18.9 Å². The average molecular weight is 968 g/mol. The minimum Gasteiger partial charge on any atom is -0.496 e. The molecule has 4 fully saturated rings. The molecule has 1 saturated carbocycles. The zero-order chi connectivity index (χ0) is 48.7. The van der Waals surface area contributed by atoms with Crippen molar-refractivity contribution in [2.45, 2.75) is 130 Å². The van der Waals surface area contributed by atoms with Crippen molar-refractivity contribution in [3.63, 3.8) is 0 Å². The molecule has 6 aliphatic heterocycles. The van der Waals surface area contributed by atoms with Crippen molar-refractivity contribution in [1.29, 1.82) is 0 Å². The van der Waals surface area contributed by atoms with Crippen molar-refractivity contribution in [3.05, 3.63) is 64.9 Å². The minimum atomic E-state index is -2.31. The van der Waals surface area contributed by atoms with E-state index in [1.807, 2.05) is 43.6 Å². The van der Waals surface area contributed by atoms with Crippen LogP contribution in [0.2, 0.25) is 0 Å². The fourth-order valence-electron chi connectivity index (χ4n) is 15.3. The maximum Gasteiger partial charge on any atom is 0.344 e. The van der Waals surface area contributed by atoms with E-state index >= 15 is 4.79 Å². The summed E-state index contributed by atoms with van der Waals surface area (Å²) in [7, 11) is 6.23. The monoisotopic (exact) mass is 968 g/mol. The largest absolute Gasteiger partial charge is 0.496 e. The van der Waals surface area contributed by atoms with E-state index in [9.17, 15) is 19.8 Å². The van der Waals surface area contributed by atoms with Crippen LogP contribution in [0.5, 0.6) is 5.75 Å². The summed E-state index contributed by atoms with van der Waals surface area (Å²) >= 11 is 1.88. The molecule has 1 spiro atoms. The van der Waals surface area contributed by atoms with Gasteiger partial charge in [0.2, 0.25) is 5.60 Å². The first-order valence-electron chi connectivity index (χ1n) is 25.6. The van der Waals surface area contributed by atoms with Gasteiger partial charge in [0.1, 0.15) is 11.2 Å². The maximum absolute atomic E-state index is 15.7. The Kier molecular flexibility index (Phi) is 12.8. The van der Waals surface area contributed by atoms with Crippen molar-refractivity contribution in [3.8, 4) is 5.75 Å². The zero-order valence-corrected chi connectivity index (χ0v) is 42.6. The van der Waals surface area contributed by atoms with Gasteiger partial charge in [0, 0.05) is 95.8 Å². The molecule has 10 atom stereocenters. The second-order valence-corrected chi connectivity index (χ2v) is 22.6. The third-order valence-corrected chi connectivity index (χ3v) is 19.1. The van der Waals surface area contributed by atoms with E-state index < -0.39 is 57.5 Å². The third-order valence-electron chi connectivity index (χ3n) is 18.0. The standard InChI is InChI=1S/C54H73N5O9S/c1-8-50(63)30-35-31-53(48(61)66-6,44-37(17-24-58(32-35)33-50)38-27-36(15-16-41(38)55-44)69-26-14-22-57-20-11-10-12-21-57)40-28-39-42(29-43(40)65-5)56(4)46-52(39)19-25-59-23-13-18-51(9-2,45(52)59)47(68-34(3)60)54(46,64)49(62)67-7/h13,15-16,18,27-29,35,45-47,55,63-64H,8-12,14,17,19-26,30-33H2,1-7H3/t35-,45+,46?,47-,50+,51-,52-,53+,54+/m1/s1. The predicted octanol–water partition coefficient (Wildman–Crippen LogP) is 5.96. The van der Waals surface area contributed by atoms with Crippen molar-refractivity contribution in [2.24, 2.45) is 11.3 Å². The van der Waals surface area contributed by atoms with Crippen LogP contribution in [0.1, 0.15) is 101 Å². The Balaban J connectivity index is 1.19. The lowest BCUT2D eigenvalue weighted by Gasteiger charge is -2.63. The number of thioether (sulfide) groups is 1. The van der Waals surface area contributed by atoms with Crippen LogP contribution in [0.4, 0.5) is 5.69 Å². The Morgan fingerprint density at radius 2 is 1.70 bits per heavy atom. The number of piperidine rings is 2. The van der Waals surface area contributed by atoms with Gasteiger partial charge in [0.25, 0.3) is 0 Å². The van der Waals surface area contributed by atoms with Crippen LogP contribution in [-0.4, -0.2) is 164 Å². The number of likely N-dealkylation sites (N-methyl/N-ethyl adjacent to an activating group) is 1. The number of rotatable bonds is 12. The van der Waals surface area contributed by atoms with Crippen LogP contribution >= 0.6 is 11.8 Å². The van der Waals surface area contributed by atoms with Crippen LogP contribution in [0.25, 0.3) is 10.9 Å². The molecule has 7 aliphatic rings. The lowest BCUT2D eigenvalue weighted by atomic mass is 9.47. The van der Waals surface area contributed by atoms with Gasteiger partial charge in [-0.05, 0) is 131 Å². The third kappa shape index (κ3) is 7.31. The number of carbonyl (C=O) groups excluding carboxylic acids is 3. The molecule has 1 aliphatic carbocycles. The lowest BCUT2D eigenvalue weighted by molar-refractivity contribution is -0.228. The molecule has 69 heavy (non-hydrogen) atoms. The van der Waals surface area contributed by atoms with E-state index in [1.165, 1.54) is 58.4 Å². The van der Waals surface area contributed by atoms with Crippen LogP contribution in [0, 0.1) is 11.3 Å². The fraction of sp³-hybridized carbons (Fsp3) is 0.648. The van der Waals surface area contributed by atoms with Gasteiger partial charge in [-0.15, -0.1) is 11.8 Å². The molecule has 3 N–H and O–H groups in total. The molecule has 7 heterocycles. The Morgan fingerprint density at radius 1 is 0.913 bits per heavy atom. The number of anilines is 1. The summed E-state index contributed by atoms with van der Waals surface area (Å²) in [6.07, 6.45) is 11.0. The normalized spacial score (nSPS) is 35.0. The summed E-state index contributed by atoms with van der Waals surface area (Å²) in [5.41, 5.74) is -1.60. The number of likely N-dealkylation sites (tertiary alicyclic amines) is 1.